The second-order valence-electron chi connectivity index (χ2n) is 8.13. The third kappa shape index (κ3) is 7.54. The molecule has 0 aromatic heterocycles. The fourth-order valence-corrected chi connectivity index (χ4v) is 4.21. The Kier molecular flexibility index (Phi) is 8.86. The van der Waals surface area contributed by atoms with E-state index in [1.54, 1.807) is 41.3 Å². The van der Waals surface area contributed by atoms with Crippen LogP contribution < -0.4 is 15.8 Å². The molecule has 188 valence electrons. The van der Waals surface area contributed by atoms with Crippen LogP contribution in [-0.4, -0.2) is 69.9 Å². The molecule has 1 fully saturated rings. The quantitative estimate of drug-likeness (QED) is 0.0809. The monoisotopic (exact) mass is 504 g/mol. The molecule has 1 saturated heterocycles. The van der Waals surface area contributed by atoms with Crippen LogP contribution in [0.4, 0.5) is 0 Å². The van der Waals surface area contributed by atoms with Crippen LogP contribution in [0.1, 0.15) is 44.7 Å². The molecule has 0 spiro atoms. The van der Waals surface area contributed by atoms with E-state index in [1.807, 2.05) is 0 Å². The minimum Gasteiger partial charge on any atom is -0.491 e. The molecule has 0 bridgehead atoms. The van der Waals surface area contributed by atoms with Gasteiger partial charge in [0.25, 0.3) is 11.8 Å². The largest absolute Gasteiger partial charge is 0.491 e. The predicted molar refractivity (Wildman–Crippen MR) is 129 cm³/mol. The number of nitrogens with zero attached hydrogens (tertiary/aromatic N) is 2. The van der Waals surface area contributed by atoms with Crippen LogP contribution in [0.2, 0.25) is 0 Å². The van der Waals surface area contributed by atoms with Crippen LogP contribution >= 0.6 is 7.60 Å². The van der Waals surface area contributed by atoms with Gasteiger partial charge in [0.2, 0.25) is 0 Å². The number of amides is 2. The third-order valence-corrected chi connectivity index (χ3v) is 6.38. The number of aryl methyl sites for hydroxylation is 1. The number of carbonyl (C=O) groups excluding carboxylic acids is 2. The number of amidine groups is 1. The molecule has 2 amide bonds. The molecule has 1 aliphatic heterocycles. The van der Waals surface area contributed by atoms with Crippen molar-refractivity contribution in [2.45, 2.75) is 19.3 Å². The molecule has 6 N–H and O–H groups in total. The normalized spacial score (nSPS) is 14.1. The first-order valence-corrected chi connectivity index (χ1v) is 12.9. The number of rotatable bonds is 10. The maximum Gasteiger partial charge on any atom is 0.325 e. The van der Waals surface area contributed by atoms with Crippen molar-refractivity contribution >= 4 is 25.2 Å². The SMILES string of the molecule is NC(=NO)c1ccc(CCP(=O)(O)O)c(OCCNC(=O)c2ccc(C(=O)N3CCCC3)cc2)c1. The summed E-state index contributed by atoms with van der Waals surface area (Å²) >= 11 is 0. The highest BCUT2D eigenvalue weighted by atomic mass is 31.2. The van der Waals surface area contributed by atoms with Gasteiger partial charge in [0.1, 0.15) is 12.4 Å². The van der Waals surface area contributed by atoms with E-state index >= 15 is 0 Å². The van der Waals surface area contributed by atoms with E-state index in [2.05, 4.69) is 10.5 Å². The van der Waals surface area contributed by atoms with Crippen LogP contribution in [0.25, 0.3) is 0 Å². The minimum atomic E-state index is -4.21. The van der Waals surface area contributed by atoms with E-state index in [-0.39, 0.29) is 43.4 Å². The molecule has 0 unspecified atom stereocenters. The van der Waals surface area contributed by atoms with Crippen molar-refractivity contribution in [1.82, 2.24) is 10.2 Å². The van der Waals surface area contributed by atoms with Gasteiger partial charge in [0, 0.05) is 29.8 Å². The molecule has 11 nitrogen and oxygen atoms in total. The number of oxime groups is 1. The molecule has 0 atom stereocenters. The lowest BCUT2D eigenvalue weighted by molar-refractivity contribution is 0.0792. The predicted octanol–water partition coefficient (Wildman–Crippen LogP) is 1.55. The molecule has 2 aromatic carbocycles. The summed E-state index contributed by atoms with van der Waals surface area (Å²) in [5.41, 5.74) is 7.47. The second kappa shape index (κ2) is 11.8. The van der Waals surface area contributed by atoms with E-state index in [4.69, 9.17) is 25.5 Å². The van der Waals surface area contributed by atoms with Crippen molar-refractivity contribution in [3.63, 3.8) is 0 Å². The molecule has 0 saturated carbocycles. The van der Waals surface area contributed by atoms with Crippen molar-refractivity contribution in [1.29, 1.82) is 0 Å². The molecular formula is C23H29N4O7P. The summed E-state index contributed by atoms with van der Waals surface area (Å²) in [7, 11) is -4.21. The van der Waals surface area contributed by atoms with E-state index in [0.29, 0.717) is 28.0 Å². The summed E-state index contributed by atoms with van der Waals surface area (Å²) < 4.78 is 17.0. The zero-order chi connectivity index (χ0) is 25.4. The summed E-state index contributed by atoms with van der Waals surface area (Å²) in [5, 5.41) is 14.6. The van der Waals surface area contributed by atoms with Gasteiger partial charge in [0.15, 0.2) is 5.84 Å². The first-order valence-electron chi connectivity index (χ1n) is 11.1. The molecule has 0 radical (unpaired) electrons. The summed E-state index contributed by atoms with van der Waals surface area (Å²) in [5.74, 6) is -0.203. The number of nitrogens with two attached hydrogens (primary N) is 1. The molecule has 3 rings (SSSR count). The highest BCUT2D eigenvalue weighted by molar-refractivity contribution is 7.51. The maximum absolute atomic E-state index is 12.4. The topological polar surface area (TPSA) is 175 Å². The van der Waals surface area contributed by atoms with Crippen molar-refractivity contribution in [3.8, 4) is 5.75 Å². The van der Waals surface area contributed by atoms with Gasteiger partial charge in [-0.2, -0.15) is 0 Å². The lowest BCUT2D eigenvalue weighted by atomic mass is 10.1. The zero-order valence-corrected chi connectivity index (χ0v) is 20.0. The van der Waals surface area contributed by atoms with Gasteiger partial charge in [-0.1, -0.05) is 17.3 Å². The minimum absolute atomic E-state index is 0.0356. The maximum atomic E-state index is 12.4. The summed E-state index contributed by atoms with van der Waals surface area (Å²) in [6, 6.07) is 11.1. The first-order chi connectivity index (χ1) is 16.7. The first kappa shape index (κ1) is 26.2. The molecule has 1 aliphatic rings. The average Bonchev–Trinajstić information content (AvgIpc) is 3.39. The average molecular weight is 504 g/mol. The molecule has 0 aliphatic carbocycles. The van der Waals surface area contributed by atoms with E-state index < -0.39 is 7.60 Å². The highest BCUT2D eigenvalue weighted by Gasteiger charge is 2.20. The smallest absolute Gasteiger partial charge is 0.325 e. The van der Waals surface area contributed by atoms with Gasteiger partial charge in [0.05, 0.1) is 12.7 Å². The van der Waals surface area contributed by atoms with Gasteiger partial charge < -0.3 is 35.7 Å². The number of nitrogens with one attached hydrogen (secondary N) is 1. The summed E-state index contributed by atoms with van der Waals surface area (Å²) in [4.78, 5) is 45.0. The van der Waals surface area contributed by atoms with Crippen molar-refractivity contribution in [3.05, 3.63) is 64.7 Å². The van der Waals surface area contributed by atoms with E-state index in [0.717, 1.165) is 25.9 Å². The number of hydrogen-bond acceptors (Lipinski definition) is 6. The Labute approximate surface area is 202 Å². The zero-order valence-electron chi connectivity index (χ0n) is 19.1. The Morgan fingerprint density at radius 2 is 1.69 bits per heavy atom. The number of ether oxygens (including phenoxy) is 1. The number of carbonyl (C=O) groups is 2. The van der Waals surface area contributed by atoms with Gasteiger partial charge in [-0.05, 0) is 55.2 Å². The summed E-state index contributed by atoms with van der Waals surface area (Å²) in [6.45, 7) is 1.73. The standard InChI is InChI=1S/C23H29N4O7P/c24-21(26-30)19-8-3-16(9-14-35(31,32)33)20(15-19)34-13-10-25-22(28)17-4-6-18(7-5-17)23(29)27-11-1-2-12-27/h3-8,15,30H,1-2,9-14H2,(H2,24,26)(H,25,28)(H2,31,32,33). The van der Waals surface area contributed by atoms with Crippen molar-refractivity contribution in [2.24, 2.45) is 10.9 Å². The van der Waals surface area contributed by atoms with Crippen LogP contribution in [0, 0.1) is 0 Å². The summed E-state index contributed by atoms with van der Waals surface area (Å²) in [6.07, 6.45) is 1.71. The second-order valence-corrected chi connectivity index (χ2v) is 9.90. The Morgan fingerprint density at radius 1 is 1.06 bits per heavy atom. The molecular weight excluding hydrogens is 475 g/mol. The van der Waals surface area contributed by atoms with Gasteiger partial charge in [-0.3, -0.25) is 14.2 Å². The Balaban J connectivity index is 1.56. The fourth-order valence-electron chi connectivity index (χ4n) is 3.67. The van der Waals surface area contributed by atoms with Crippen LogP contribution in [0.15, 0.2) is 47.6 Å². The van der Waals surface area contributed by atoms with Gasteiger partial charge in [-0.15, -0.1) is 0 Å². The van der Waals surface area contributed by atoms with E-state index in [1.165, 1.54) is 6.07 Å². The highest BCUT2D eigenvalue weighted by Crippen LogP contribution is 2.36. The fraction of sp³-hybridized carbons (Fsp3) is 0.348. The Bertz CT molecular complexity index is 1130. The number of hydrogen-bond donors (Lipinski definition) is 5. The van der Waals surface area contributed by atoms with Crippen molar-refractivity contribution < 1.29 is 33.9 Å². The van der Waals surface area contributed by atoms with Gasteiger partial charge in [-0.25, -0.2) is 0 Å². The number of benzene rings is 2. The molecule has 12 heteroatoms. The Morgan fingerprint density at radius 3 is 2.31 bits per heavy atom. The van der Waals surface area contributed by atoms with E-state index in [9.17, 15) is 14.2 Å². The van der Waals surface area contributed by atoms with Crippen LogP contribution in [0.3, 0.4) is 0 Å². The van der Waals surface area contributed by atoms with Gasteiger partial charge >= 0.3 is 7.60 Å². The molecule has 2 aromatic rings. The Hall–Kier alpha value is -3.40. The lowest BCUT2D eigenvalue weighted by Gasteiger charge is -2.15. The number of likely N-dealkylation sites (tertiary alicyclic amines) is 1. The van der Waals surface area contributed by atoms with Crippen LogP contribution in [0.5, 0.6) is 5.75 Å². The molecule has 1 heterocycles. The molecule has 35 heavy (non-hydrogen) atoms. The van der Waals surface area contributed by atoms with Crippen LogP contribution in [-0.2, 0) is 11.0 Å². The lowest BCUT2D eigenvalue weighted by Crippen LogP contribution is -2.29. The van der Waals surface area contributed by atoms with Crippen molar-refractivity contribution in [2.75, 3.05) is 32.4 Å². The third-order valence-electron chi connectivity index (χ3n) is 5.58.